The molecule has 3 heterocycles. The van der Waals surface area contributed by atoms with E-state index >= 15 is 0 Å². The average Bonchev–Trinajstić information content (AvgIpc) is 3.21. The van der Waals surface area contributed by atoms with Gasteiger partial charge in [-0.15, -0.1) is 11.3 Å². The lowest BCUT2D eigenvalue weighted by atomic mass is 9.86. The minimum absolute atomic E-state index is 0.0234. The lowest BCUT2D eigenvalue weighted by molar-refractivity contribution is -0.123. The minimum atomic E-state index is -0.211. The smallest absolute Gasteiger partial charge is 0.291 e. The molecule has 3 aromatic heterocycles. The van der Waals surface area contributed by atoms with Gasteiger partial charge in [0.15, 0.2) is 0 Å². The van der Waals surface area contributed by atoms with Crippen molar-refractivity contribution < 1.29 is 4.79 Å². The zero-order chi connectivity index (χ0) is 18.3. The second-order valence-electron chi connectivity index (χ2n) is 7.20. The van der Waals surface area contributed by atoms with Crippen LogP contribution in [0.4, 0.5) is 0 Å². The number of aryl methyl sites for hydroxylation is 1. The molecular formula is C19H24N4O2S. The van der Waals surface area contributed by atoms with Gasteiger partial charge < -0.3 is 5.32 Å². The maximum Gasteiger partial charge on any atom is 0.291 e. The van der Waals surface area contributed by atoms with Crippen LogP contribution in [0.15, 0.2) is 22.3 Å². The van der Waals surface area contributed by atoms with Gasteiger partial charge in [0, 0.05) is 12.5 Å². The van der Waals surface area contributed by atoms with Crippen molar-refractivity contribution in [2.75, 3.05) is 0 Å². The first-order valence-corrected chi connectivity index (χ1v) is 10.2. The monoisotopic (exact) mass is 372 g/mol. The Labute approximate surface area is 155 Å². The van der Waals surface area contributed by atoms with Gasteiger partial charge >= 0.3 is 0 Å². The summed E-state index contributed by atoms with van der Waals surface area (Å²) in [5, 5.41) is 9.61. The summed E-state index contributed by atoms with van der Waals surface area (Å²) >= 11 is 1.61. The highest BCUT2D eigenvalue weighted by Gasteiger charge is 2.23. The summed E-state index contributed by atoms with van der Waals surface area (Å²) in [4.78, 5) is 25.4. The molecule has 1 fully saturated rings. The van der Waals surface area contributed by atoms with Gasteiger partial charge in [0.2, 0.25) is 5.91 Å². The largest absolute Gasteiger partial charge is 0.351 e. The van der Waals surface area contributed by atoms with Crippen LogP contribution in [-0.4, -0.2) is 26.1 Å². The quantitative estimate of drug-likeness (QED) is 0.765. The molecule has 1 aliphatic carbocycles. The Morgan fingerprint density at radius 2 is 2.15 bits per heavy atom. The molecule has 0 unspecified atom stereocenters. The van der Waals surface area contributed by atoms with E-state index < -0.39 is 0 Å². The number of amides is 1. The fraction of sp³-hybridized carbons (Fsp3) is 0.526. The number of hydrogen-bond donors (Lipinski definition) is 1. The molecule has 7 heteroatoms. The third kappa shape index (κ3) is 2.94. The lowest BCUT2D eigenvalue weighted by Crippen LogP contribution is -2.44. The SMILES string of the molecule is CCc1nn(CC(=O)N[C@@H]2CCCC[C@@H]2C)c(=O)c2cc3sccc3n12. The summed E-state index contributed by atoms with van der Waals surface area (Å²) in [5.41, 5.74) is 1.40. The normalized spacial score (nSPS) is 20.7. The van der Waals surface area contributed by atoms with Gasteiger partial charge in [-0.25, -0.2) is 4.68 Å². The Hall–Kier alpha value is -2.15. The van der Waals surface area contributed by atoms with Crippen LogP contribution >= 0.6 is 11.3 Å². The van der Waals surface area contributed by atoms with Crippen LogP contribution < -0.4 is 10.9 Å². The van der Waals surface area contributed by atoms with Crippen LogP contribution in [0.1, 0.15) is 45.4 Å². The molecule has 4 rings (SSSR count). The van der Waals surface area contributed by atoms with Crippen molar-refractivity contribution in [3.63, 3.8) is 0 Å². The van der Waals surface area contributed by atoms with Crippen molar-refractivity contribution in [3.8, 4) is 0 Å². The zero-order valence-electron chi connectivity index (χ0n) is 15.2. The molecule has 0 radical (unpaired) electrons. The van der Waals surface area contributed by atoms with Gasteiger partial charge in [0.25, 0.3) is 5.56 Å². The third-order valence-electron chi connectivity index (χ3n) is 5.44. The summed E-state index contributed by atoms with van der Waals surface area (Å²) < 4.78 is 4.31. The molecule has 0 spiro atoms. The molecule has 2 atom stereocenters. The van der Waals surface area contributed by atoms with E-state index in [1.54, 1.807) is 11.3 Å². The van der Waals surface area contributed by atoms with E-state index in [-0.39, 0.29) is 24.1 Å². The first-order chi connectivity index (χ1) is 12.6. The molecule has 1 amide bonds. The number of rotatable bonds is 4. The van der Waals surface area contributed by atoms with Crippen LogP contribution in [-0.2, 0) is 17.8 Å². The average molecular weight is 372 g/mol. The number of carbonyl (C=O) groups is 1. The second-order valence-corrected chi connectivity index (χ2v) is 8.15. The van der Waals surface area contributed by atoms with Crippen LogP contribution in [0.2, 0.25) is 0 Å². The molecule has 1 aliphatic rings. The highest BCUT2D eigenvalue weighted by atomic mass is 32.1. The summed E-state index contributed by atoms with van der Waals surface area (Å²) in [5.74, 6) is 1.16. The van der Waals surface area contributed by atoms with E-state index in [0.717, 1.165) is 35.3 Å². The first kappa shape index (κ1) is 17.3. The maximum atomic E-state index is 12.9. The van der Waals surface area contributed by atoms with Crippen molar-refractivity contribution in [3.05, 3.63) is 33.7 Å². The van der Waals surface area contributed by atoms with Crippen LogP contribution in [0.5, 0.6) is 0 Å². The number of carbonyl (C=O) groups excluding carboxylic acids is 1. The number of aromatic nitrogens is 3. The molecule has 0 bridgehead atoms. The lowest BCUT2D eigenvalue weighted by Gasteiger charge is -2.29. The Bertz CT molecular complexity index is 1020. The van der Waals surface area contributed by atoms with Gasteiger partial charge in [0.1, 0.15) is 17.9 Å². The van der Waals surface area contributed by atoms with Gasteiger partial charge in [-0.2, -0.15) is 5.10 Å². The Balaban J connectivity index is 1.65. The van der Waals surface area contributed by atoms with Gasteiger partial charge in [-0.3, -0.25) is 14.0 Å². The summed E-state index contributed by atoms with van der Waals surface area (Å²) in [6, 6.07) is 4.12. The fourth-order valence-corrected chi connectivity index (χ4v) is 4.78. The van der Waals surface area contributed by atoms with E-state index in [2.05, 4.69) is 17.3 Å². The summed E-state index contributed by atoms with van der Waals surface area (Å²) in [6.45, 7) is 4.17. The first-order valence-electron chi connectivity index (χ1n) is 9.36. The molecule has 26 heavy (non-hydrogen) atoms. The molecule has 0 saturated heterocycles. The predicted molar refractivity (Wildman–Crippen MR) is 104 cm³/mol. The van der Waals surface area contributed by atoms with Crippen molar-refractivity contribution >= 4 is 33.0 Å². The predicted octanol–water partition coefficient (Wildman–Crippen LogP) is 2.97. The maximum absolute atomic E-state index is 12.9. The molecule has 0 aliphatic heterocycles. The molecular weight excluding hydrogens is 348 g/mol. The number of hydrogen-bond acceptors (Lipinski definition) is 4. The van der Waals surface area contributed by atoms with E-state index in [9.17, 15) is 9.59 Å². The van der Waals surface area contributed by atoms with E-state index in [1.165, 1.54) is 11.1 Å². The molecule has 3 aromatic rings. The number of fused-ring (bicyclic) bond motifs is 3. The van der Waals surface area contributed by atoms with E-state index in [4.69, 9.17) is 0 Å². The number of nitrogens with one attached hydrogen (secondary N) is 1. The minimum Gasteiger partial charge on any atom is -0.351 e. The van der Waals surface area contributed by atoms with Crippen molar-refractivity contribution in [2.24, 2.45) is 5.92 Å². The molecule has 0 aromatic carbocycles. The fourth-order valence-electron chi connectivity index (χ4n) is 3.98. The zero-order valence-corrected chi connectivity index (χ0v) is 16.0. The molecule has 6 nitrogen and oxygen atoms in total. The summed E-state index contributed by atoms with van der Waals surface area (Å²) in [6.07, 6.45) is 5.24. The molecule has 1 saturated carbocycles. The third-order valence-corrected chi connectivity index (χ3v) is 6.29. The Morgan fingerprint density at radius 1 is 1.35 bits per heavy atom. The Kier molecular flexibility index (Phi) is 4.56. The van der Waals surface area contributed by atoms with Crippen molar-refractivity contribution in [1.82, 2.24) is 19.5 Å². The highest BCUT2D eigenvalue weighted by molar-refractivity contribution is 7.17. The standard InChI is InChI=1S/C19H24N4O2S/c1-3-17-21-22(11-18(24)20-13-7-5-4-6-12(13)2)19(25)15-10-16-14(23(15)17)8-9-26-16/h8-10,12-13H,3-7,11H2,1-2H3,(H,20,24)/t12-,13+/m0/s1. The van der Waals surface area contributed by atoms with Gasteiger partial charge in [-0.05, 0) is 36.3 Å². The topological polar surface area (TPSA) is 68.4 Å². The van der Waals surface area contributed by atoms with Crippen LogP contribution in [0, 0.1) is 5.92 Å². The highest BCUT2D eigenvalue weighted by Crippen LogP contribution is 2.25. The van der Waals surface area contributed by atoms with Crippen molar-refractivity contribution in [2.45, 2.75) is 58.5 Å². The molecule has 138 valence electrons. The number of thiophene rings is 1. The van der Waals surface area contributed by atoms with Crippen LogP contribution in [0.3, 0.4) is 0 Å². The Morgan fingerprint density at radius 3 is 2.92 bits per heavy atom. The van der Waals surface area contributed by atoms with E-state index in [1.807, 2.05) is 28.8 Å². The van der Waals surface area contributed by atoms with Crippen LogP contribution in [0.25, 0.3) is 15.7 Å². The van der Waals surface area contributed by atoms with Gasteiger partial charge in [-0.1, -0.05) is 26.7 Å². The number of nitrogens with zero attached hydrogens (tertiary/aromatic N) is 3. The van der Waals surface area contributed by atoms with E-state index in [0.29, 0.717) is 17.9 Å². The second kappa shape index (κ2) is 6.87. The molecule has 1 N–H and O–H groups in total. The van der Waals surface area contributed by atoms with Gasteiger partial charge in [0.05, 0.1) is 10.2 Å². The summed E-state index contributed by atoms with van der Waals surface area (Å²) in [7, 11) is 0. The van der Waals surface area contributed by atoms with Crippen molar-refractivity contribution in [1.29, 1.82) is 0 Å².